The molecule has 2 nitrogen and oxygen atoms in total. The van der Waals surface area contributed by atoms with E-state index in [4.69, 9.17) is 16.3 Å². The second kappa shape index (κ2) is 5.21. The Labute approximate surface area is 150 Å². The zero-order chi connectivity index (χ0) is 16.4. The van der Waals surface area contributed by atoms with Crippen LogP contribution in [0, 0.1) is 12.8 Å². The highest BCUT2D eigenvalue weighted by Gasteiger charge is 2.40. The van der Waals surface area contributed by atoms with Gasteiger partial charge in [0.15, 0.2) is 0 Å². The third-order valence-electron chi connectivity index (χ3n) is 5.48. The van der Waals surface area contributed by atoms with Gasteiger partial charge in [-0.05, 0) is 36.2 Å². The number of para-hydroxylation sites is 1. The van der Waals surface area contributed by atoms with Gasteiger partial charge in [0.25, 0.3) is 0 Å². The molecule has 3 heterocycles. The number of nitrogens with zero attached hydrogens (tertiary/aromatic N) is 1. The van der Waals surface area contributed by atoms with Crippen molar-refractivity contribution in [3.8, 4) is 5.75 Å². The van der Waals surface area contributed by atoms with E-state index in [1.165, 1.54) is 27.1 Å². The monoisotopic (exact) mass is 355 g/mol. The van der Waals surface area contributed by atoms with Crippen LogP contribution >= 0.6 is 23.4 Å². The number of thioether (sulfide) groups is 1. The number of hydrogen-bond acceptors (Lipinski definition) is 2. The lowest BCUT2D eigenvalue weighted by Gasteiger charge is -2.38. The molecule has 1 aromatic heterocycles. The summed E-state index contributed by atoms with van der Waals surface area (Å²) in [6.45, 7) is 2.91. The second-order valence-electron chi connectivity index (χ2n) is 6.74. The molecule has 2 aliphatic rings. The van der Waals surface area contributed by atoms with Crippen LogP contribution < -0.4 is 4.74 Å². The molecule has 0 unspecified atom stereocenters. The van der Waals surface area contributed by atoms with Crippen molar-refractivity contribution in [2.45, 2.75) is 17.9 Å². The van der Waals surface area contributed by atoms with Gasteiger partial charge in [0.05, 0.1) is 11.6 Å². The average molecular weight is 356 g/mol. The van der Waals surface area contributed by atoms with Gasteiger partial charge in [-0.25, -0.2) is 0 Å². The number of halogens is 1. The average Bonchev–Trinajstić information content (AvgIpc) is 2.91. The normalized spacial score (nSPS) is 21.8. The summed E-state index contributed by atoms with van der Waals surface area (Å²) in [6.07, 6.45) is 0. The van der Waals surface area contributed by atoms with Crippen LogP contribution in [0.25, 0.3) is 10.9 Å². The lowest BCUT2D eigenvalue weighted by Crippen LogP contribution is -2.32. The van der Waals surface area contributed by atoms with E-state index < -0.39 is 0 Å². The van der Waals surface area contributed by atoms with Crippen LogP contribution in [0.2, 0.25) is 5.02 Å². The van der Waals surface area contributed by atoms with Gasteiger partial charge >= 0.3 is 0 Å². The molecule has 2 aliphatic heterocycles. The summed E-state index contributed by atoms with van der Waals surface area (Å²) >= 11 is 8.42. The maximum atomic E-state index is 6.46. The number of rotatable bonds is 0. The second-order valence-corrected chi connectivity index (χ2v) is 8.15. The summed E-state index contributed by atoms with van der Waals surface area (Å²) < 4.78 is 8.43. The fraction of sp³-hybridized carbons (Fsp3) is 0.300. The van der Waals surface area contributed by atoms with Gasteiger partial charge in [-0.2, -0.15) is 0 Å². The van der Waals surface area contributed by atoms with E-state index in [2.05, 4.69) is 42.8 Å². The maximum Gasteiger partial charge on any atom is 0.123 e. The predicted octanol–water partition coefficient (Wildman–Crippen LogP) is 5.39. The van der Waals surface area contributed by atoms with Gasteiger partial charge in [0.1, 0.15) is 5.75 Å². The Hall–Kier alpha value is -1.58. The SMILES string of the molecule is Cc1c(Cl)ccc2c1[C@@H]1c3c(n(C)c4ccccc34)SC[C@@H]1CO2. The summed E-state index contributed by atoms with van der Waals surface area (Å²) in [4.78, 5) is 0. The Balaban J connectivity index is 1.86. The number of ether oxygens (including phenoxy) is 1. The molecule has 24 heavy (non-hydrogen) atoms. The first-order valence-corrected chi connectivity index (χ1v) is 9.65. The number of fused-ring (bicyclic) bond motifs is 7. The Bertz CT molecular complexity index is 977. The molecule has 0 amide bonds. The first kappa shape index (κ1) is 14.7. The highest BCUT2D eigenvalue weighted by atomic mass is 35.5. The quantitative estimate of drug-likeness (QED) is 0.537. The molecule has 0 fully saturated rings. The predicted molar refractivity (Wildman–Crippen MR) is 101 cm³/mol. The summed E-state index contributed by atoms with van der Waals surface area (Å²) in [5, 5.41) is 3.59. The van der Waals surface area contributed by atoms with E-state index in [1.54, 1.807) is 0 Å². The van der Waals surface area contributed by atoms with Crippen molar-refractivity contribution < 1.29 is 4.74 Å². The number of aromatic nitrogens is 1. The van der Waals surface area contributed by atoms with Crippen molar-refractivity contribution in [2.75, 3.05) is 12.4 Å². The highest BCUT2D eigenvalue weighted by molar-refractivity contribution is 7.99. The Morgan fingerprint density at radius 3 is 2.88 bits per heavy atom. The van der Waals surface area contributed by atoms with Gasteiger partial charge in [-0.15, -0.1) is 11.8 Å². The highest BCUT2D eigenvalue weighted by Crippen LogP contribution is 2.53. The largest absolute Gasteiger partial charge is 0.493 e. The number of hydrogen-bond donors (Lipinski definition) is 0. The van der Waals surface area contributed by atoms with Crippen LogP contribution in [0.15, 0.2) is 41.4 Å². The van der Waals surface area contributed by atoms with Gasteiger partial charge < -0.3 is 9.30 Å². The van der Waals surface area contributed by atoms with Gasteiger partial charge in [-0.3, -0.25) is 0 Å². The molecular weight excluding hydrogens is 338 g/mol. The zero-order valence-corrected chi connectivity index (χ0v) is 15.2. The molecule has 0 bridgehead atoms. The van der Waals surface area contributed by atoms with Crippen molar-refractivity contribution in [3.05, 3.63) is 58.1 Å². The first-order valence-electron chi connectivity index (χ1n) is 8.28. The molecule has 0 aliphatic carbocycles. The Morgan fingerprint density at radius 2 is 2.00 bits per heavy atom. The smallest absolute Gasteiger partial charge is 0.123 e. The molecule has 0 spiro atoms. The van der Waals surface area contributed by atoms with E-state index in [0.717, 1.165) is 28.7 Å². The van der Waals surface area contributed by atoms with Gasteiger partial charge in [0, 0.05) is 46.1 Å². The molecule has 0 saturated heterocycles. The van der Waals surface area contributed by atoms with Crippen molar-refractivity contribution in [2.24, 2.45) is 13.0 Å². The van der Waals surface area contributed by atoms with E-state index in [-0.39, 0.29) is 0 Å². The third kappa shape index (κ3) is 1.86. The molecule has 4 heteroatoms. The van der Waals surface area contributed by atoms with E-state index in [9.17, 15) is 0 Å². The van der Waals surface area contributed by atoms with Gasteiger partial charge in [0.2, 0.25) is 0 Å². The van der Waals surface area contributed by atoms with Crippen molar-refractivity contribution in [1.29, 1.82) is 0 Å². The maximum absolute atomic E-state index is 6.46. The Morgan fingerprint density at radius 1 is 1.17 bits per heavy atom. The summed E-state index contributed by atoms with van der Waals surface area (Å²) in [6, 6.07) is 12.7. The van der Waals surface area contributed by atoms with E-state index >= 15 is 0 Å². The summed E-state index contributed by atoms with van der Waals surface area (Å²) in [5.41, 5.74) is 5.22. The minimum absolute atomic E-state index is 0.370. The minimum atomic E-state index is 0.370. The molecule has 0 saturated carbocycles. The van der Waals surface area contributed by atoms with Crippen LogP contribution in [0.4, 0.5) is 0 Å². The van der Waals surface area contributed by atoms with Crippen LogP contribution in [-0.4, -0.2) is 16.9 Å². The number of benzene rings is 2. The fourth-order valence-corrected chi connectivity index (χ4v) is 5.81. The standard InChI is InChI=1S/C20H18ClNOS/c1-11-14(21)7-8-16-17(11)18-12(9-23-16)10-24-20-19(18)13-5-3-4-6-15(13)22(20)2/h3-8,12,18H,9-10H2,1-2H3/t12-,18+/m0/s1. The summed E-state index contributed by atoms with van der Waals surface area (Å²) in [7, 11) is 2.18. The molecule has 3 aromatic rings. The molecule has 122 valence electrons. The lowest BCUT2D eigenvalue weighted by atomic mass is 9.77. The van der Waals surface area contributed by atoms with Crippen LogP contribution in [0.3, 0.4) is 0 Å². The van der Waals surface area contributed by atoms with Crippen LogP contribution in [0.5, 0.6) is 5.75 Å². The van der Waals surface area contributed by atoms with Crippen molar-refractivity contribution in [1.82, 2.24) is 4.57 Å². The first-order chi connectivity index (χ1) is 11.7. The van der Waals surface area contributed by atoms with Crippen LogP contribution in [-0.2, 0) is 7.05 Å². The van der Waals surface area contributed by atoms with Gasteiger partial charge in [-0.1, -0.05) is 29.8 Å². The minimum Gasteiger partial charge on any atom is -0.493 e. The molecular formula is C20H18ClNOS. The third-order valence-corrected chi connectivity index (χ3v) is 7.25. The van der Waals surface area contributed by atoms with E-state index in [1.807, 2.05) is 23.9 Å². The topological polar surface area (TPSA) is 14.2 Å². The Kier molecular flexibility index (Phi) is 3.20. The molecule has 0 radical (unpaired) electrons. The van der Waals surface area contributed by atoms with Crippen molar-refractivity contribution >= 4 is 34.3 Å². The number of aryl methyl sites for hydroxylation is 1. The molecule has 2 atom stereocenters. The molecule has 2 aromatic carbocycles. The lowest BCUT2D eigenvalue weighted by molar-refractivity contribution is 0.218. The zero-order valence-electron chi connectivity index (χ0n) is 13.7. The van der Waals surface area contributed by atoms with E-state index in [0.29, 0.717) is 11.8 Å². The molecule has 0 N–H and O–H groups in total. The van der Waals surface area contributed by atoms with Crippen LogP contribution in [0.1, 0.15) is 22.6 Å². The summed E-state index contributed by atoms with van der Waals surface area (Å²) in [5.74, 6) is 2.96. The fourth-order valence-electron chi connectivity index (χ4n) is 4.30. The van der Waals surface area contributed by atoms with Crippen molar-refractivity contribution in [3.63, 3.8) is 0 Å². The molecule has 5 rings (SSSR count).